The Morgan fingerprint density at radius 1 is 1.13 bits per heavy atom. The van der Waals surface area contributed by atoms with Gasteiger partial charge in [0, 0.05) is 17.2 Å². The molecule has 0 atom stereocenters. The summed E-state index contributed by atoms with van der Waals surface area (Å²) in [5, 5.41) is 0.576. The maximum Gasteiger partial charge on any atom is 0.336 e. The second kappa shape index (κ2) is 7.61. The number of carbonyl (C=O) groups is 2. The fourth-order valence-electron chi connectivity index (χ4n) is 1.92. The number of halogens is 1. The van der Waals surface area contributed by atoms with Crippen LogP contribution in [-0.4, -0.2) is 18.9 Å². The van der Waals surface area contributed by atoms with Gasteiger partial charge in [-0.3, -0.25) is 4.79 Å². The lowest BCUT2D eigenvalue weighted by Gasteiger charge is -2.08. The number of hydrogen-bond acceptors (Lipinski definition) is 4. The fourth-order valence-corrected chi connectivity index (χ4v) is 2.12. The van der Waals surface area contributed by atoms with Crippen LogP contribution in [0.4, 0.5) is 0 Å². The Hall–Kier alpha value is -2.59. The monoisotopic (exact) mass is 330 g/mol. The summed E-state index contributed by atoms with van der Waals surface area (Å²) in [5.41, 5.74) is 1.09. The van der Waals surface area contributed by atoms with Gasteiger partial charge in [-0.05, 0) is 42.8 Å². The van der Waals surface area contributed by atoms with Crippen LogP contribution in [0.25, 0.3) is 6.08 Å². The molecule has 0 spiro atoms. The molecule has 2 aromatic carbocycles. The molecule has 0 saturated carbocycles. The van der Waals surface area contributed by atoms with Gasteiger partial charge in [0.1, 0.15) is 11.5 Å². The van der Waals surface area contributed by atoms with Crippen LogP contribution in [0.1, 0.15) is 22.8 Å². The van der Waals surface area contributed by atoms with Gasteiger partial charge in [-0.15, -0.1) is 0 Å². The third-order valence-electron chi connectivity index (χ3n) is 3.04. The van der Waals surface area contributed by atoms with Crippen molar-refractivity contribution in [2.75, 3.05) is 7.11 Å². The van der Waals surface area contributed by atoms with Gasteiger partial charge in [0.2, 0.25) is 0 Å². The first-order valence-corrected chi connectivity index (χ1v) is 7.22. The average molecular weight is 331 g/mol. The van der Waals surface area contributed by atoms with Crippen molar-refractivity contribution in [1.82, 2.24) is 0 Å². The number of rotatable bonds is 5. The Morgan fingerprint density at radius 2 is 1.91 bits per heavy atom. The molecule has 5 heteroatoms. The van der Waals surface area contributed by atoms with E-state index in [2.05, 4.69) is 0 Å². The number of hydrogen-bond donors (Lipinski definition) is 0. The smallest absolute Gasteiger partial charge is 0.336 e. The standard InChI is InChI=1S/C18H15ClO4/c1-12(20)16-8-7-15(22-2)11-17(16)23-18(21)9-6-13-4-3-5-14(19)10-13/h3-11H,1-2H3/b9-6+. The maximum absolute atomic E-state index is 12.0. The van der Waals surface area contributed by atoms with Crippen molar-refractivity contribution in [1.29, 1.82) is 0 Å². The Balaban J connectivity index is 2.18. The van der Waals surface area contributed by atoms with Crippen LogP contribution in [0.3, 0.4) is 0 Å². The molecule has 0 unspecified atom stereocenters. The van der Waals surface area contributed by atoms with E-state index >= 15 is 0 Å². The molecule has 0 aromatic heterocycles. The van der Waals surface area contributed by atoms with Gasteiger partial charge in [-0.2, -0.15) is 0 Å². The number of methoxy groups -OCH3 is 1. The zero-order valence-corrected chi connectivity index (χ0v) is 13.5. The third-order valence-corrected chi connectivity index (χ3v) is 3.27. The van der Waals surface area contributed by atoms with Crippen molar-refractivity contribution in [2.45, 2.75) is 6.92 Å². The SMILES string of the molecule is COc1ccc(C(C)=O)c(OC(=O)/C=C/c2cccc(Cl)c2)c1. The summed E-state index contributed by atoms with van der Waals surface area (Å²) in [5.74, 6) is -0.135. The van der Waals surface area contributed by atoms with Crippen LogP contribution in [0.2, 0.25) is 5.02 Å². The molecule has 0 N–H and O–H groups in total. The second-order valence-corrected chi connectivity index (χ2v) is 5.16. The minimum absolute atomic E-state index is 0.164. The van der Waals surface area contributed by atoms with Crippen LogP contribution in [-0.2, 0) is 4.79 Å². The second-order valence-electron chi connectivity index (χ2n) is 4.73. The van der Waals surface area contributed by atoms with E-state index in [9.17, 15) is 9.59 Å². The summed E-state index contributed by atoms with van der Waals surface area (Å²) in [6.07, 6.45) is 2.86. The summed E-state index contributed by atoms with van der Waals surface area (Å²) in [6, 6.07) is 11.7. The summed E-state index contributed by atoms with van der Waals surface area (Å²) >= 11 is 5.88. The lowest BCUT2D eigenvalue weighted by Crippen LogP contribution is -2.07. The van der Waals surface area contributed by atoms with Crippen molar-refractivity contribution in [2.24, 2.45) is 0 Å². The van der Waals surface area contributed by atoms with E-state index < -0.39 is 5.97 Å². The largest absolute Gasteiger partial charge is 0.497 e. The Labute approximate surface area is 139 Å². The molecule has 118 valence electrons. The summed E-state index contributed by atoms with van der Waals surface area (Å²) in [7, 11) is 1.49. The predicted molar refractivity (Wildman–Crippen MR) is 89.1 cm³/mol. The molecule has 0 aliphatic rings. The molecule has 0 radical (unpaired) electrons. The lowest BCUT2D eigenvalue weighted by atomic mass is 10.1. The van der Waals surface area contributed by atoms with Gasteiger partial charge in [-0.1, -0.05) is 23.7 Å². The van der Waals surface area contributed by atoms with Crippen molar-refractivity contribution >= 4 is 29.4 Å². The number of benzene rings is 2. The normalized spacial score (nSPS) is 10.6. The van der Waals surface area contributed by atoms with Crippen LogP contribution in [0.5, 0.6) is 11.5 Å². The minimum atomic E-state index is -0.597. The number of Topliss-reactive ketones (excluding diaryl/α,β-unsaturated/α-hetero) is 1. The molecule has 2 rings (SSSR count). The number of ether oxygens (including phenoxy) is 2. The first-order chi connectivity index (χ1) is 11.0. The maximum atomic E-state index is 12.0. The van der Waals surface area contributed by atoms with Crippen LogP contribution < -0.4 is 9.47 Å². The molecule has 23 heavy (non-hydrogen) atoms. The molecule has 0 amide bonds. The summed E-state index contributed by atoms with van der Waals surface area (Å²) in [6.45, 7) is 1.40. The molecule has 0 heterocycles. The highest BCUT2D eigenvalue weighted by Gasteiger charge is 2.12. The quantitative estimate of drug-likeness (QED) is 0.357. The number of esters is 1. The Bertz CT molecular complexity index is 765. The number of ketones is 1. The zero-order valence-electron chi connectivity index (χ0n) is 12.7. The van der Waals surface area contributed by atoms with Gasteiger partial charge in [0.15, 0.2) is 5.78 Å². The van der Waals surface area contributed by atoms with Gasteiger partial charge in [-0.25, -0.2) is 4.79 Å². The van der Waals surface area contributed by atoms with E-state index in [0.717, 1.165) is 5.56 Å². The highest BCUT2D eigenvalue weighted by molar-refractivity contribution is 6.30. The van der Waals surface area contributed by atoms with Gasteiger partial charge in [0.25, 0.3) is 0 Å². The van der Waals surface area contributed by atoms with E-state index in [-0.39, 0.29) is 11.5 Å². The molecular formula is C18H15ClO4. The van der Waals surface area contributed by atoms with Crippen LogP contribution >= 0.6 is 11.6 Å². The molecule has 0 aliphatic carbocycles. The van der Waals surface area contributed by atoms with Crippen molar-refractivity contribution in [3.8, 4) is 11.5 Å². The van der Waals surface area contributed by atoms with Crippen LogP contribution in [0.15, 0.2) is 48.5 Å². The van der Waals surface area contributed by atoms with Crippen LogP contribution in [0, 0.1) is 0 Å². The molecular weight excluding hydrogens is 316 g/mol. The highest BCUT2D eigenvalue weighted by atomic mass is 35.5. The molecule has 2 aromatic rings. The van der Waals surface area contributed by atoms with E-state index in [0.29, 0.717) is 16.3 Å². The van der Waals surface area contributed by atoms with Gasteiger partial charge < -0.3 is 9.47 Å². The molecule has 0 bridgehead atoms. The fraction of sp³-hybridized carbons (Fsp3) is 0.111. The molecule has 0 saturated heterocycles. The first-order valence-electron chi connectivity index (χ1n) is 6.84. The summed E-state index contributed by atoms with van der Waals surface area (Å²) < 4.78 is 10.3. The highest BCUT2D eigenvalue weighted by Crippen LogP contribution is 2.25. The Kier molecular flexibility index (Phi) is 5.55. The predicted octanol–water partition coefficient (Wildman–Crippen LogP) is 4.17. The van der Waals surface area contributed by atoms with Crippen molar-refractivity contribution in [3.05, 3.63) is 64.7 Å². The topological polar surface area (TPSA) is 52.6 Å². The van der Waals surface area contributed by atoms with E-state index in [1.807, 2.05) is 6.07 Å². The molecule has 0 aliphatic heterocycles. The summed E-state index contributed by atoms with van der Waals surface area (Å²) in [4.78, 5) is 23.6. The lowest BCUT2D eigenvalue weighted by molar-refractivity contribution is -0.128. The molecule has 4 nitrogen and oxygen atoms in total. The van der Waals surface area contributed by atoms with E-state index in [4.69, 9.17) is 21.1 Å². The first kappa shape index (κ1) is 16.8. The van der Waals surface area contributed by atoms with Gasteiger partial charge >= 0.3 is 5.97 Å². The average Bonchev–Trinajstić information content (AvgIpc) is 2.52. The Morgan fingerprint density at radius 3 is 2.57 bits per heavy atom. The minimum Gasteiger partial charge on any atom is -0.497 e. The third kappa shape index (κ3) is 4.69. The molecule has 0 fully saturated rings. The van der Waals surface area contributed by atoms with Gasteiger partial charge in [0.05, 0.1) is 12.7 Å². The number of carbonyl (C=O) groups excluding carboxylic acids is 2. The van der Waals surface area contributed by atoms with E-state index in [1.54, 1.807) is 36.4 Å². The van der Waals surface area contributed by atoms with Crippen molar-refractivity contribution in [3.63, 3.8) is 0 Å². The van der Waals surface area contributed by atoms with Crippen molar-refractivity contribution < 1.29 is 19.1 Å². The zero-order chi connectivity index (χ0) is 16.8. The van der Waals surface area contributed by atoms with E-state index in [1.165, 1.54) is 26.2 Å².